The molecule has 0 aliphatic heterocycles. The normalized spacial score (nSPS) is 11.7. The van der Waals surface area contributed by atoms with Crippen LogP contribution in [0, 0.1) is 11.5 Å². The van der Waals surface area contributed by atoms with E-state index in [1.165, 1.54) is 4.90 Å². The summed E-state index contributed by atoms with van der Waals surface area (Å²) in [6.07, 6.45) is 1.79. The molecule has 0 spiro atoms. The van der Waals surface area contributed by atoms with Gasteiger partial charge in [-0.15, -0.1) is 0 Å². The van der Waals surface area contributed by atoms with E-state index < -0.39 is 12.0 Å². The quantitative estimate of drug-likeness (QED) is 0.362. The third-order valence-corrected chi connectivity index (χ3v) is 1.65. The summed E-state index contributed by atoms with van der Waals surface area (Å²) < 4.78 is 0. The largest absolute Gasteiger partial charge is 0.480 e. The molecule has 0 radical (unpaired) electrons. The Morgan fingerprint density at radius 1 is 1.91 bits per heavy atom. The lowest BCUT2D eigenvalue weighted by atomic mass is 10.3. The predicted octanol–water partition coefficient (Wildman–Crippen LogP) is 0.172. The molecule has 0 unspecified atom stereocenters. The lowest BCUT2D eigenvalue weighted by Crippen LogP contribution is -2.39. The molecule has 0 aromatic carbocycles. The van der Waals surface area contributed by atoms with Gasteiger partial charge in [0.15, 0.2) is 6.19 Å². The van der Waals surface area contributed by atoms with Crippen LogP contribution in [0.3, 0.4) is 0 Å². The minimum atomic E-state index is -1.01. The van der Waals surface area contributed by atoms with E-state index >= 15 is 0 Å². The number of thiol groups is 1. The fourth-order valence-corrected chi connectivity index (χ4v) is 1.02. The van der Waals surface area contributed by atoms with E-state index in [2.05, 4.69) is 12.6 Å². The number of nitriles is 1. The van der Waals surface area contributed by atoms with Gasteiger partial charge in [0.05, 0.1) is 0 Å². The van der Waals surface area contributed by atoms with Crippen molar-refractivity contribution in [3.63, 3.8) is 0 Å². The van der Waals surface area contributed by atoms with Gasteiger partial charge in [-0.25, -0.2) is 4.79 Å². The number of carbonyl (C=O) groups is 1. The average Bonchev–Trinajstić information content (AvgIpc) is 1.99. The molecule has 0 rings (SSSR count). The summed E-state index contributed by atoms with van der Waals surface area (Å²) in [5.74, 6) is -0.861. The molecule has 1 atom stereocenters. The molecule has 5 heteroatoms. The van der Waals surface area contributed by atoms with Gasteiger partial charge >= 0.3 is 5.97 Å². The highest BCUT2D eigenvalue weighted by Crippen LogP contribution is 1.99. The summed E-state index contributed by atoms with van der Waals surface area (Å²) in [6.45, 7) is 2.12. The first-order valence-electron chi connectivity index (χ1n) is 3.17. The molecule has 62 valence electrons. The molecule has 0 bridgehead atoms. The standard InChI is InChI=1S/C6H10N2O2S/c1-2-8(4-7)5(3-11)6(9)10/h5,11H,2-3H2,1H3,(H,9,10)/t5-/m0/s1. The summed E-state index contributed by atoms with van der Waals surface area (Å²) in [6, 6.07) is -0.798. The maximum absolute atomic E-state index is 10.4. The first-order chi connectivity index (χ1) is 5.17. The van der Waals surface area contributed by atoms with Crippen molar-refractivity contribution in [1.29, 1.82) is 5.26 Å². The van der Waals surface area contributed by atoms with Crippen molar-refractivity contribution < 1.29 is 9.90 Å². The molecule has 0 saturated carbocycles. The number of carboxylic acid groups (broad SMARTS) is 1. The van der Waals surface area contributed by atoms with E-state index in [1.54, 1.807) is 13.1 Å². The van der Waals surface area contributed by atoms with Crippen LogP contribution in [-0.4, -0.2) is 34.3 Å². The Labute approximate surface area is 70.8 Å². The van der Waals surface area contributed by atoms with Crippen molar-refractivity contribution in [3.8, 4) is 6.19 Å². The number of hydrogen-bond acceptors (Lipinski definition) is 4. The van der Waals surface area contributed by atoms with E-state index in [-0.39, 0.29) is 5.75 Å². The number of aliphatic carboxylic acids is 1. The van der Waals surface area contributed by atoms with Crippen LogP contribution >= 0.6 is 12.6 Å². The molecule has 0 aliphatic rings. The molecule has 0 heterocycles. The van der Waals surface area contributed by atoms with Crippen LogP contribution in [-0.2, 0) is 4.79 Å². The van der Waals surface area contributed by atoms with Crippen molar-refractivity contribution in [2.75, 3.05) is 12.3 Å². The summed E-state index contributed by atoms with van der Waals surface area (Å²) in [7, 11) is 0. The topological polar surface area (TPSA) is 64.3 Å². The van der Waals surface area contributed by atoms with Gasteiger partial charge in [-0.1, -0.05) is 0 Å². The lowest BCUT2D eigenvalue weighted by Gasteiger charge is -2.19. The van der Waals surface area contributed by atoms with Crippen molar-refractivity contribution in [3.05, 3.63) is 0 Å². The molecule has 0 saturated heterocycles. The minimum absolute atomic E-state index is 0.150. The second kappa shape index (κ2) is 4.85. The lowest BCUT2D eigenvalue weighted by molar-refractivity contribution is -0.141. The fraction of sp³-hybridized carbons (Fsp3) is 0.667. The highest BCUT2D eigenvalue weighted by atomic mass is 32.1. The van der Waals surface area contributed by atoms with Crippen molar-refractivity contribution in [1.82, 2.24) is 4.90 Å². The molecule has 0 fully saturated rings. The third-order valence-electron chi connectivity index (χ3n) is 1.30. The number of nitrogens with zero attached hydrogens (tertiary/aromatic N) is 2. The second-order valence-electron chi connectivity index (χ2n) is 1.92. The maximum atomic E-state index is 10.4. The van der Waals surface area contributed by atoms with Crippen molar-refractivity contribution in [2.24, 2.45) is 0 Å². The zero-order chi connectivity index (χ0) is 8.85. The highest BCUT2D eigenvalue weighted by Gasteiger charge is 2.21. The SMILES string of the molecule is CCN(C#N)[C@@H](CS)C(=O)O. The van der Waals surface area contributed by atoms with E-state index in [0.29, 0.717) is 6.54 Å². The van der Waals surface area contributed by atoms with E-state index in [9.17, 15) is 4.79 Å². The molecule has 1 N–H and O–H groups in total. The monoisotopic (exact) mass is 174 g/mol. The maximum Gasteiger partial charge on any atom is 0.327 e. The zero-order valence-electron chi connectivity index (χ0n) is 6.19. The summed E-state index contributed by atoms with van der Waals surface area (Å²) in [5.41, 5.74) is 0. The summed E-state index contributed by atoms with van der Waals surface area (Å²) >= 11 is 3.83. The number of hydrogen-bond donors (Lipinski definition) is 2. The van der Waals surface area contributed by atoms with Crippen LogP contribution in [0.1, 0.15) is 6.92 Å². The van der Waals surface area contributed by atoms with Crippen molar-refractivity contribution in [2.45, 2.75) is 13.0 Å². The Bertz CT molecular complexity index is 178. The molecule has 0 aromatic heterocycles. The molecule has 11 heavy (non-hydrogen) atoms. The fourth-order valence-electron chi connectivity index (χ4n) is 0.671. The first-order valence-corrected chi connectivity index (χ1v) is 3.80. The predicted molar refractivity (Wildman–Crippen MR) is 43.3 cm³/mol. The van der Waals surface area contributed by atoms with Crippen LogP contribution in [0.15, 0.2) is 0 Å². The third kappa shape index (κ3) is 2.68. The average molecular weight is 174 g/mol. The Morgan fingerprint density at radius 2 is 2.45 bits per heavy atom. The van der Waals surface area contributed by atoms with Crippen LogP contribution in [0.4, 0.5) is 0 Å². The van der Waals surface area contributed by atoms with Crippen LogP contribution in [0.5, 0.6) is 0 Å². The van der Waals surface area contributed by atoms with Gasteiger partial charge in [-0.2, -0.15) is 17.9 Å². The Morgan fingerprint density at radius 3 is 2.55 bits per heavy atom. The molecular formula is C6H10N2O2S. The van der Waals surface area contributed by atoms with Gasteiger partial charge in [0.25, 0.3) is 0 Å². The number of rotatable bonds is 4. The Balaban J connectivity index is 4.24. The molecule has 0 amide bonds. The Hall–Kier alpha value is -0.890. The first kappa shape index (κ1) is 10.1. The van der Waals surface area contributed by atoms with Gasteiger partial charge in [0.2, 0.25) is 0 Å². The smallest absolute Gasteiger partial charge is 0.327 e. The van der Waals surface area contributed by atoms with E-state index in [0.717, 1.165) is 0 Å². The highest BCUT2D eigenvalue weighted by molar-refractivity contribution is 7.80. The molecular weight excluding hydrogens is 164 g/mol. The zero-order valence-corrected chi connectivity index (χ0v) is 7.08. The van der Waals surface area contributed by atoms with Gasteiger partial charge in [-0.3, -0.25) is 4.90 Å². The number of likely N-dealkylation sites (N-methyl/N-ethyl adjacent to an activating group) is 1. The number of carboxylic acids is 1. The van der Waals surface area contributed by atoms with Gasteiger partial charge in [0.1, 0.15) is 6.04 Å². The second-order valence-corrected chi connectivity index (χ2v) is 2.29. The van der Waals surface area contributed by atoms with Crippen molar-refractivity contribution >= 4 is 18.6 Å². The minimum Gasteiger partial charge on any atom is -0.480 e. The molecule has 4 nitrogen and oxygen atoms in total. The van der Waals surface area contributed by atoms with Crippen LogP contribution < -0.4 is 0 Å². The van der Waals surface area contributed by atoms with Gasteiger partial charge in [-0.05, 0) is 6.92 Å². The summed E-state index contributed by atoms with van der Waals surface area (Å²) in [5, 5.41) is 17.0. The van der Waals surface area contributed by atoms with Gasteiger partial charge in [0, 0.05) is 12.3 Å². The van der Waals surface area contributed by atoms with Crippen LogP contribution in [0.2, 0.25) is 0 Å². The molecule has 0 aromatic rings. The molecule has 0 aliphatic carbocycles. The van der Waals surface area contributed by atoms with Gasteiger partial charge < -0.3 is 5.11 Å². The van der Waals surface area contributed by atoms with E-state index in [1.807, 2.05) is 0 Å². The Kier molecular flexibility index (Phi) is 4.46. The summed E-state index contributed by atoms with van der Waals surface area (Å²) in [4.78, 5) is 11.6. The van der Waals surface area contributed by atoms with E-state index in [4.69, 9.17) is 10.4 Å². The van der Waals surface area contributed by atoms with Crippen LogP contribution in [0.25, 0.3) is 0 Å².